The smallest absolute Gasteiger partial charge is 0.338 e. The van der Waals surface area contributed by atoms with Crippen molar-refractivity contribution < 1.29 is 38.4 Å². The van der Waals surface area contributed by atoms with Crippen molar-refractivity contribution in [2.24, 2.45) is 17.3 Å². The molecule has 4 aliphatic carbocycles. The fourth-order valence-corrected chi connectivity index (χ4v) is 9.73. The topological polar surface area (TPSA) is 136 Å². The highest BCUT2D eigenvalue weighted by molar-refractivity contribution is 5.94. The Balaban J connectivity index is 0.994. The Morgan fingerprint density at radius 2 is 1.75 bits per heavy atom. The molecule has 53 heavy (non-hydrogen) atoms. The van der Waals surface area contributed by atoms with E-state index in [1.807, 2.05) is 30.3 Å². The van der Waals surface area contributed by atoms with Crippen molar-refractivity contribution in [3.8, 4) is 0 Å². The maximum Gasteiger partial charge on any atom is 0.338 e. The Hall–Kier alpha value is -3.83. The first-order valence-corrected chi connectivity index (χ1v) is 19.4. The zero-order chi connectivity index (χ0) is 37.0. The molecule has 2 saturated carbocycles. The molecule has 2 aromatic carbocycles. The summed E-state index contributed by atoms with van der Waals surface area (Å²) >= 11 is 0. The van der Waals surface area contributed by atoms with E-state index in [1.54, 1.807) is 12.1 Å². The number of aliphatic hydroxyl groups excluding tert-OH is 1. The summed E-state index contributed by atoms with van der Waals surface area (Å²) in [6.07, 6.45) is 9.26. The molecule has 0 aromatic heterocycles. The number of esters is 1. The summed E-state index contributed by atoms with van der Waals surface area (Å²) in [7, 11) is 0. The lowest BCUT2D eigenvalue weighted by atomic mass is 9.52. The molecule has 7 atom stereocenters. The highest BCUT2D eigenvalue weighted by Gasteiger charge is 2.57. The number of hydrogen-bond donors (Lipinski definition) is 3. The number of rotatable bonds is 9. The summed E-state index contributed by atoms with van der Waals surface area (Å²) in [5, 5.41) is 14.4. The van der Waals surface area contributed by atoms with Crippen LogP contribution >= 0.6 is 0 Å². The number of carbonyl (C=O) groups is 3. The minimum atomic E-state index is -0.906. The number of nitrogens with one attached hydrogen (secondary N) is 2. The van der Waals surface area contributed by atoms with E-state index in [9.17, 15) is 14.4 Å². The third-order valence-corrected chi connectivity index (χ3v) is 12.7. The fraction of sp³-hybridized carbons (Fsp3) is 0.558. The third kappa shape index (κ3) is 7.35. The van der Waals surface area contributed by atoms with Crippen LogP contribution in [0.25, 0.3) is 6.08 Å². The fourth-order valence-electron chi connectivity index (χ4n) is 9.73. The molecule has 6 aliphatic rings. The van der Waals surface area contributed by atoms with Gasteiger partial charge in [-0.15, -0.1) is 0 Å². The molecule has 2 saturated heterocycles. The molecule has 4 fully saturated rings. The summed E-state index contributed by atoms with van der Waals surface area (Å²) in [4.78, 5) is 39.4. The van der Waals surface area contributed by atoms with Gasteiger partial charge in [0.2, 0.25) is 11.8 Å². The molecule has 2 amide bonds. The van der Waals surface area contributed by atoms with Gasteiger partial charge < -0.3 is 34.7 Å². The number of fused-ring (bicyclic) bond motifs is 4. The number of benzene rings is 2. The maximum absolute atomic E-state index is 14.0. The van der Waals surface area contributed by atoms with E-state index in [2.05, 4.69) is 49.6 Å². The van der Waals surface area contributed by atoms with Crippen molar-refractivity contribution in [2.45, 2.75) is 114 Å². The summed E-state index contributed by atoms with van der Waals surface area (Å²) in [6.45, 7) is 7.17. The summed E-state index contributed by atoms with van der Waals surface area (Å²) in [6, 6.07) is 15.8. The van der Waals surface area contributed by atoms with Crippen molar-refractivity contribution in [1.29, 1.82) is 0 Å². The largest absolute Gasteiger partial charge is 0.456 e. The molecule has 10 nitrogen and oxygen atoms in total. The van der Waals surface area contributed by atoms with Gasteiger partial charge in [-0.3, -0.25) is 9.59 Å². The Labute approximate surface area is 311 Å². The van der Waals surface area contributed by atoms with Gasteiger partial charge in [0.05, 0.1) is 23.9 Å². The quantitative estimate of drug-likeness (QED) is 0.237. The number of epoxide rings is 1. The minimum absolute atomic E-state index is 0.0236. The molecular formula is C43H52N2O8. The number of aliphatic hydroxyl groups is 1. The Morgan fingerprint density at radius 3 is 2.51 bits per heavy atom. The molecule has 2 heterocycles. The van der Waals surface area contributed by atoms with Gasteiger partial charge in [0.15, 0.2) is 5.79 Å². The van der Waals surface area contributed by atoms with Gasteiger partial charge in [-0.2, -0.15) is 0 Å². The van der Waals surface area contributed by atoms with Crippen LogP contribution in [0.5, 0.6) is 0 Å². The maximum atomic E-state index is 14.0. The van der Waals surface area contributed by atoms with E-state index in [0.717, 1.165) is 36.0 Å². The van der Waals surface area contributed by atoms with Gasteiger partial charge in [-0.1, -0.05) is 61.9 Å². The monoisotopic (exact) mass is 724 g/mol. The van der Waals surface area contributed by atoms with Crippen LogP contribution in [0.3, 0.4) is 0 Å². The molecule has 282 valence electrons. The van der Waals surface area contributed by atoms with E-state index < -0.39 is 30.1 Å². The van der Waals surface area contributed by atoms with Crippen molar-refractivity contribution in [3.05, 3.63) is 88.0 Å². The number of amides is 2. The van der Waals surface area contributed by atoms with Gasteiger partial charge in [0.1, 0.15) is 18.3 Å². The van der Waals surface area contributed by atoms with E-state index in [4.69, 9.17) is 24.1 Å². The van der Waals surface area contributed by atoms with Crippen molar-refractivity contribution in [1.82, 2.24) is 10.6 Å². The molecule has 1 spiro atoms. The van der Waals surface area contributed by atoms with E-state index in [1.165, 1.54) is 18.4 Å². The lowest BCUT2D eigenvalue weighted by Gasteiger charge is -2.53. The van der Waals surface area contributed by atoms with Crippen LogP contribution in [0.1, 0.15) is 92.8 Å². The highest BCUT2D eigenvalue weighted by atomic mass is 16.8. The Morgan fingerprint density at radius 1 is 0.962 bits per heavy atom. The lowest BCUT2D eigenvalue weighted by Crippen LogP contribution is -2.45. The average Bonchev–Trinajstić information content (AvgIpc) is 3.42. The van der Waals surface area contributed by atoms with E-state index in [0.29, 0.717) is 47.3 Å². The SMILES string of the molecule is CC1(C)CC2C(=Cc3cccc(C(=O)OC4CC(C(=O)NCCC(=O)NCCO)=CC5OC6(Cc7ccccc7C6)OC54)c3)CCC3OC3(C)CCC21. The van der Waals surface area contributed by atoms with Crippen LogP contribution in [0.15, 0.2) is 65.8 Å². The van der Waals surface area contributed by atoms with E-state index in [-0.39, 0.29) is 50.0 Å². The van der Waals surface area contributed by atoms with Crippen LogP contribution < -0.4 is 10.6 Å². The molecule has 2 aromatic rings. The van der Waals surface area contributed by atoms with Crippen LogP contribution in [0.4, 0.5) is 0 Å². The van der Waals surface area contributed by atoms with Crippen LogP contribution in [-0.2, 0) is 41.4 Å². The molecule has 0 bridgehead atoms. The van der Waals surface area contributed by atoms with Crippen molar-refractivity contribution in [3.63, 3.8) is 0 Å². The second kappa shape index (κ2) is 14.1. The second-order valence-electron chi connectivity index (χ2n) is 16.9. The first-order chi connectivity index (χ1) is 25.4. The number of ether oxygens (including phenoxy) is 4. The van der Waals surface area contributed by atoms with Gasteiger partial charge in [0.25, 0.3) is 0 Å². The molecule has 0 radical (unpaired) electrons. The summed E-state index contributed by atoms with van der Waals surface area (Å²) < 4.78 is 25.7. The van der Waals surface area contributed by atoms with Gasteiger partial charge in [-0.05, 0) is 91.2 Å². The zero-order valence-corrected chi connectivity index (χ0v) is 31.0. The van der Waals surface area contributed by atoms with Crippen LogP contribution in [0, 0.1) is 17.3 Å². The molecular weight excluding hydrogens is 672 g/mol. The first-order valence-electron chi connectivity index (χ1n) is 19.4. The Bertz CT molecular complexity index is 1810. The molecule has 2 aliphatic heterocycles. The van der Waals surface area contributed by atoms with Crippen molar-refractivity contribution in [2.75, 3.05) is 19.7 Å². The van der Waals surface area contributed by atoms with Crippen LogP contribution in [0.2, 0.25) is 0 Å². The van der Waals surface area contributed by atoms with Gasteiger partial charge in [0, 0.05) is 44.3 Å². The number of carbonyl (C=O) groups excluding carboxylic acids is 3. The molecule has 10 heteroatoms. The van der Waals surface area contributed by atoms with E-state index >= 15 is 0 Å². The standard InChI is InChI=1S/C43H52N2O8/c1-41(2)25-32-27(11-12-36-42(3,52-36)15-13-33(32)41)19-26-7-6-10-28(20-26)40(49)50-34-21-31(39(48)45-16-14-37(47)44-17-18-46)22-35-38(34)53-43(51-35)23-29-8-4-5-9-30(29)24-43/h4-10,19-20,22,32-36,38,46H,11-18,21,23-25H2,1-3H3,(H,44,47)(H,45,48). The minimum Gasteiger partial charge on any atom is -0.456 e. The zero-order valence-electron chi connectivity index (χ0n) is 31.0. The molecule has 7 unspecified atom stereocenters. The number of hydrogen-bond acceptors (Lipinski definition) is 8. The van der Waals surface area contributed by atoms with Gasteiger partial charge in [-0.25, -0.2) is 4.79 Å². The highest BCUT2D eigenvalue weighted by Crippen LogP contribution is 2.59. The number of allylic oxidation sites excluding steroid dienone is 1. The predicted molar refractivity (Wildman–Crippen MR) is 197 cm³/mol. The average molecular weight is 725 g/mol. The third-order valence-electron chi connectivity index (χ3n) is 12.7. The predicted octanol–water partition coefficient (Wildman–Crippen LogP) is 5.21. The first kappa shape index (κ1) is 36.2. The second-order valence-corrected chi connectivity index (χ2v) is 16.9. The van der Waals surface area contributed by atoms with Crippen molar-refractivity contribution >= 4 is 23.9 Å². The molecule has 3 N–H and O–H groups in total. The summed E-state index contributed by atoms with van der Waals surface area (Å²) in [5.41, 5.74) is 5.93. The normalized spacial score (nSPS) is 32.4. The molecule has 8 rings (SSSR count). The lowest BCUT2D eigenvalue weighted by molar-refractivity contribution is -0.172. The Kier molecular flexibility index (Phi) is 9.62. The van der Waals surface area contributed by atoms with Gasteiger partial charge >= 0.3 is 5.97 Å². The van der Waals surface area contributed by atoms with Crippen LogP contribution in [-0.4, -0.2) is 78.4 Å². The summed E-state index contributed by atoms with van der Waals surface area (Å²) in [5.74, 6) is -0.838.